The van der Waals surface area contributed by atoms with Crippen LogP contribution in [0, 0.1) is 51.2 Å². The Balaban J connectivity index is 0.880. The lowest BCUT2D eigenvalue weighted by atomic mass is 9.72. The molecule has 69 heavy (non-hydrogen) atoms. The van der Waals surface area contributed by atoms with Crippen LogP contribution in [-0.2, 0) is 14.2 Å². The zero-order valence-electron chi connectivity index (χ0n) is 41.7. The molecule has 4 fully saturated rings. The quantitative estimate of drug-likeness (QED) is 0.0993. The first-order valence-electron chi connectivity index (χ1n) is 25.7. The lowest BCUT2D eigenvalue weighted by Crippen LogP contribution is -2.49. The summed E-state index contributed by atoms with van der Waals surface area (Å²) in [6.07, 6.45) is 14.8. The summed E-state index contributed by atoms with van der Waals surface area (Å²) in [4.78, 5) is 31.0. The Labute approximate surface area is 409 Å². The van der Waals surface area contributed by atoms with E-state index in [9.17, 15) is 10.5 Å². The van der Waals surface area contributed by atoms with Crippen molar-refractivity contribution in [2.75, 3.05) is 92.4 Å². The monoisotopic (exact) mass is 951 g/mol. The topological polar surface area (TPSA) is 238 Å². The Hall–Kier alpha value is -4.60. The van der Waals surface area contributed by atoms with Crippen molar-refractivity contribution >= 4 is 29.0 Å². The van der Waals surface area contributed by atoms with Gasteiger partial charge >= 0.3 is 0 Å². The summed E-state index contributed by atoms with van der Waals surface area (Å²) in [6.45, 7) is 10.7. The third-order valence-corrected chi connectivity index (χ3v) is 15.5. The average molecular weight is 951 g/mol. The lowest BCUT2D eigenvalue weighted by Gasteiger charge is -2.39. The number of ether oxygens (including phenoxy) is 3. The normalized spacial score (nSPS) is 31.0. The van der Waals surface area contributed by atoms with Gasteiger partial charge in [-0.1, -0.05) is 0 Å². The van der Waals surface area contributed by atoms with E-state index < -0.39 is 10.8 Å². The SMILES string of the molecule is COC[C@H](C)NC1CCC(NC2=NCN(C)C(C3=NC(NCC4(C#N)CC4C4C[C@H](N[C@@H](C)COC)CCC4CNc4cc(C5=NC(NCC6(C#N)CCOCC6)=NCC5)ncn4)NCC3)=C2)CC1. The van der Waals surface area contributed by atoms with Crippen molar-refractivity contribution in [1.82, 2.24) is 46.8 Å². The van der Waals surface area contributed by atoms with Gasteiger partial charge in [-0.25, -0.2) is 20.0 Å². The molecule has 0 aromatic carbocycles. The number of nitrogens with one attached hydrogen (secondary N) is 7. The minimum absolute atomic E-state index is 0.243. The van der Waals surface area contributed by atoms with Crippen LogP contribution in [0.15, 0.2) is 44.1 Å². The van der Waals surface area contributed by atoms with E-state index in [1.165, 1.54) is 0 Å². The van der Waals surface area contributed by atoms with Crippen molar-refractivity contribution in [3.8, 4) is 12.1 Å². The number of aliphatic imine (C=N–C) groups is 4. The molecule has 19 nitrogen and oxygen atoms in total. The Morgan fingerprint density at radius 1 is 0.899 bits per heavy atom. The molecule has 3 aliphatic carbocycles. The molecule has 7 N–H and O–H groups in total. The highest BCUT2D eigenvalue weighted by atomic mass is 16.5. The van der Waals surface area contributed by atoms with Crippen LogP contribution in [0.3, 0.4) is 0 Å². The van der Waals surface area contributed by atoms with Gasteiger partial charge < -0.3 is 45.7 Å². The molecule has 1 aromatic rings. The minimum Gasteiger partial charge on any atom is -0.383 e. The van der Waals surface area contributed by atoms with Gasteiger partial charge in [0.25, 0.3) is 0 Å². The number of anilines is 1. The second-order valence-corrected chi connectivity index (χ2v) is 20.8. The van der Waals surface area contributed by atoms with Crippen molar-refractivity contribution in [1.29, 1.82) is 10.5 Å². The number of nitriles is 2. The molecule has 4 aliphatic heterocycles. The molecule has 376 valence electrons. The first kappa shape index (κ1) is 50.8. The fraction of sp³-hybridized carbons (Fsp3) is 0.760. The maximum absolute atomic E-state index is 10.9. The van der Waals surface area contributed by atoms with E-state index in [2.05, 4.69) is 96.2 Å². The summed E-state index contributed by atoms with van der Waals surface area (Å²) in [5.74, 6) is 3.21. The first-order chi connectivity index (χ1) is 33.6. The summed E-state index contributed by atoms with van der Waals surface area (Å²) in [5, 5.41) is 46.5. The first-order valence-corrected chi connectivity index (χ1v) is 25.7. The molecule has 0 spiro atoms. The highest BCUT2D eigenvalue weighted by Crippen LogP contribution is 2.60. The summed E-state index contributed by atoms with van der Waals surface area (Å²) >= 11 is 0. The molecule has 8 atom stereocenters. The number of amidine groups is 1. The summed E-state index contributed by atoms with van der Waals surface area (Å²) in [6, 6.07) is 9.20. The molecule has 0 amide bonds. The zero-order valence-corrected chi connectivity index (χ0v) is 41.7. The van der Waals surface area contributed by atoms with E-state index in [0.717, 1.165) is 112 Å². The molecule has 1 aromatic heterocycles. The van der Waals surface area contributed by atoms with Crippen LogP contribution in [0.5, 0.6) is 0 Å². The fourth-order valence-corrected chi connectivity index (χ4v) is 11.5. The Kier molecular flexibility index (Phi) is 17.7. The van der Waals surface area contributed by atoms with Crippen LogP contribution in [0.25, 0.3) is 0 Å². The molecule has 0 radical (unpaired) electrons. The van der Waals surface area contributed by atoms with Gasteiger partial charge in [0.15, 0.2) is 6.29 Å². The average Bonchev–Trinajstić information content (AvgIpc) is 4.11. The molecule has 1 saturated heterocycles. The summed E-state index contributed by atoms with van der Waals surface area (Å²) in [7, 11) is 5.60. The lowest BCUT2D eigenvalue weighted by molar-refractivity contribution is 0.0422. The molecule has 0 bridgehead atoms. The number of rotatable bonds is 20. The van der Waals surface area contributed by atoms with Crippen molar-refractivity contribution in [3.05, 3.63) is 29.9 Å². The second kappa shape index (κ2) is 24.0. The second-order valence-electron chi connectivity index (χ2n) is 20.8. The third kappa shape index (κ3) is 13.4. The van der Waals surface area contributed by atoms with Gasteiger partial charge in [-0.2, -0.15) is 10.5 Å². The maximum atomic E-state index is 10.9. The molecule has 8 rings (SSSR count). The number of hydrogen-bond donors (Lipinski definition) is 7. The number of aromatic nitrogens is 2. The minimum atomic E-state index is -0.476. The smallest absolute Gasteiger partial charge is 0.218 e. The van der Waals surface area contributed by atoms with Crippen molar-refractivity contribution in [2.24, 2.45) is 48.6 Å². The predicted molar refractivity (Wildman–Crippen MR) is 269 cm³/mol. The number of methoxy groups -OCH3 is 2. The van der Waals surface area contributed by atoms with Gasteiger partial charge in [-0.05, 0) is 95.8 Å². The molecule has 3 saturated carbocycles. The molecule has 7 aliphatic rings. The fourth-order valence-electron chi connectivity index (χ4n) is 11.5. The number of allylic oxidation sites excluding steroid dienone is 1. The van der Waals surface area contributed by atoms with Gasteiger partial charge in [0.2, 0.25) is 5.96 Å². The van der Waals surface area contributed by atoms with Crippen molar-refractivity contribution in [3.63, 3.8) is 0 Å². The molecular formula is C50H78N16O3. The standard InChI is InChI=1S/C50H78N16O3/c1-33(25-67-4)61-36-8-10-37(11-9-36)63-46-22-44(66(3)32-60-46)42-13-17-54-48(65-42)57-30-50(28-52)23-40(50)39-20-38(62-34(2)26-68-5)7-6-35(39)24-55-45-21-43(58-31-59-45)41-12-16-53-47(64-41)56-29-49(27-51)14-18-69-19-15-49/h21-22,31,33-40,48,54,57,61-62H,6-20,23-26,29-30,32H2,1-5H3,(H,53,56)(H,60,63)(H,55,58,59)/t33-,34-,35?,36?,37?,38+,39?,40?,48?,50?/m0/s1. The van der Waals surface area contributed by atoms with E-state index in [4.69, 9.17) is 29.2 Å². The maximum Gasteiger partial charge on any atom is 0.218 e. The van der Waals surface area contributed by atoms with E-state index in [1.54, 1.807) is 20.5 Å². The third-order valence-electron chi connectivity index (χ3n) is 15.5. The zero-order chi connectivity index (χ0) is 48.2. The van der Waals surface area contributed by atoms with Crippen LogP contribution in [-0.4, -0.2) is 162 Å². The number of hydrogen-bond acceptors (Lipinski definition) is 19. The molecular weight excluding hydrogens is 873 g/mol. The Morgan fingerprint density at radius 3 is 2.41 bits per heavy atom. The number of nitrogens with zero attached hydrogens (tertiary/aromatic N) is 9. The van der Waals surface area contributed by atoms with Gasteiger partial charge in [0.05, 0.1) is 59.0 Å². The van der Waals surface area contributed by atoms with E-state index >= 15 is 0 Å². The van der Waals surface area contributed by atoms with E-state index in [1.807, 2.05) is 6.07 Å². The van der Waals surface area contributed by atoms with Crippen molar-refractivity contribution in [2.45, 2.75) is 127 Å². The van der Waals surface area contributed by atoms with Crippen LogP contribution in [0.1, 0.15) is 96.6 Å². The van der Waals surface area contributed by atoms with Crippen molar-refractivity contribution < 1.29 is 14.2 Å². The Morgan fingerprint density at radius 2 is 1.65 bits per heavy atom. The summed E-state index contributed by atoms with van der Waals surface area (Å²) < 4.78 is 16.3. The van der Waals surface area contributed by atoms with Crippen LogP contribution < -0.4 is 37.2 Å². The Bertz CT molecular complexity index is 2120. The van der Waals surface area contributed by atoms with Gasteiger partial charge in [-0.15, -0.1) is 0 Å². The van der Waals surface area contributed by atoms with E-state index in [-0.39, 0.29) is 18.2 Å². The molecule has 5 heterocycles. The molecule has 5 unspecified atom stereocenters. The predicted octanol–water partition coefficient (Wildman–Crippen LogP) is 3.30. The molecule has 19 heteroatoms. The highest BCUT2D eigenvalue weighted by molar-refractivity contribution is 6.08. The van der Waals surface area contributed by atoms with Gasteiger partial charge in [-0.3, -0.25) is 20.6 Å². The summed E-state index contributed by atoms with van der Waals surface area (Å²) in [5.41, 5.74) is 2.84. The number of guanidine groups is 1. The van der Waals surface area contributed by atoms with Crippen LogP contribution >= 0.6 is 0 Å². The van der Waals surface area contributed by atoms with Gasteiger partial charge in [0, 0.05) is 122 Å². The largest absolute Gasteiger partial charge is 0.383 e. The highest BCUT2D eigenvalue weighted by Gasteiger charge is 2.60. The van der Waals surface area contributed by atoms with E-state index in [0.29, 0.717) is 107 Å². The van der Waals surface area contributed by atoms with Crippen LogP contribution in [0.4, 0.5) is 5.82 Å². The van der Waals surface area contributed by atoms with Crippen LogP contribution in [0.2, 0.25) is 0 Å². The van der Waals surface area contributed by atoms with Gasteiger partial charge in [0.1, 0.15) is 24.6 Å².